The standard InChI is InChI=1S/C36H22F3N3/c37-36(38,39)34-33(41-29-13-5-1-9-24(29)17-18-25-10-2-6-14-30(25)41)22-21-28(23-40)35(34)42-31-15-7-3-11-26(31)19-20-27-12-4-8-16-32(27)42/h1-22H. The SMILES string of the molecule is N#Cc1ccc(N2c3ccccc3C=Cc3ccccc32)c(C(F)(F)F)c1N1c2ccccc2C=Cc2ccccc21. The van der Waals surface area contributed by atoms with Crippen molar-refractivity contribution < 1.29 is 13.2 Å². The summed E-state index contributed by atoms with van der Waals surface area (Å²) in [5, 5.41) is 10.3. The summed E-state index contributed by atoms with van der Waals surface area (Å²) >= 11 is 0. The lowest BCUT2D eigenvalue weighted by molar-refractivity contribution is -0.136. The van der Waals surface area contributed by atoms with Crippen LogP contribution in [0.4, 0.5) is 47.3 Å². The minimum atomic E-state index is -4.81. The molecule has 7 rings (SSSR count). The second-order valence-electron chi connectivity index (χ2n) is 10.0. The number of para-hydroxylation sites is 4. The lowest BCUT2D eigenvalue weighted by atomic mass is 9.98. The van der Waals surface area contributed by atoms with Crippen molar-refractivity contribution in [3.8, 4) is 6.07 Å². The summed E-state index contributed by atoms with van der Waals surface area (Å²) in [6, 6.07) is 34.3. The monoisotopic (exact) mass is 553 g/mol. The number of alkyl halides is 3. The van der Waals surface area contributed by atoms with E-state index in [1.54, 1.807) is 34.1 Å². The second kappa shape index (κ2) is 9.83. The van der Waals surface area contributed by atoms with Gasteiger partial charge in [-0.2, -0.15) is 18.4 Å². The van der Waals surface area contributed by atoms with Crippen molar-refractivity contribution in [3.05, 3.63) is 143 Å². The Labute approximate surface area is 241 Å². The van der Waals surface area contributed by atoms with E-state index in [0.29, 0.717) is 22.7 Å². The van der Waals surface area contributed by atoms with E-state index < -0.39 is 11.7 Å². The number of anilines is 6. The smallest absolute Gasteiger partial charge is 0.309 e. The van der Waals surface area contributed by atoms with Gasteiger partial charge < -0.3 is 9.80 Å². The first kappa shape index (κ1) is 25.4. The number of nitrogens with zero attached hydrogens (tertiary/aromatic N) is 3. The molecule has 0 saturated carbocycles. The lowest BCUT2D eigenvalue weighted by Gasteiger charge is -2.35. The second-order valence-corrected chi connectivity index (χ2v) is 10.0. The minimum Gasteiger partial charge on any atom is -0.309 e. The highest BCUT2D eigenvalue weighted by atomic mass is 19.4. The van der Waals surface area contributed by atoms with Gasteiger partial charge in [0.25, 0.3) is 0 Å². The van der Waals surface area contributed by atoms with Crippen LogP contribution in [0.25, 0.3) is 24.3 Å². The first-order valence-electron chi connectivity index (χ1n) is 13.4. The third kappa shape index (κ3) is 4.06. The van der Waals surface area contributed by atoms with Crippen molar-refractivity contribution >= 4 is 58.4 Å². The molecule has 42 heavy (non-hydrogen) atoms. The quantitative estimate of drug-likeness (QED) is 0.213. The van der Waals surface area contributed by atoms with Crippen molar-refractivity contribution in [2.75, 3.05) is 9.80 Å². The van der Waals surface area contributed by atoms with Crippen LogP contribution in [0.1, 0.15) is 33.4 Å². The Hall–Kier alpha value is -5.54. The van der Waals surface area contributed by atoms with Crippen LogP contribution < -0.4 is 9.80 Å². The van der Waals surface area contributed by atoms with Gasteiger partial charge in [0.15, 0.2) is 0 Å². The first-order chi connectivity index (χ1) is 20.5. The molecule has 0 fully saturated rings. The van der Waals surface area contributed by atoms with Gasteiger partial charge in [-0.15, -0.1) is 0 Å². The zero-order valence-electron chi connectivity index (χ0n) is 22.2. The average molecular weight is 554 g/mol. The summed E-state index contributed by atoms with van der Waals surface area (Å²) < 4.78 is 46.9. The molecule has 0 saturated heterocycles. The van der Waals surface area contributed by atoms with Crippen molar-refractivity contribution in [1.82, 2.24) is 0 Å². The zero-order chi connectivity index (χ0) is 28.8. The van der Waals surface area contributed by atoms with Gasteiger partial charge in [-0.05, 0) is 58.7 Å². The maximum absolute atomic E-state index is 15.6. The molecule has 2 aliphatic heterocycles. The highest BCUT2D eigenvalue weighted by molar-refractivity contribution is 5.99. The molecular weight excluding hydrogens is 531 g/mol. The van der Waals surface area contributed by atoms with E-state index in [0.717, 1.165) is 22.3 Å². The van der Waals surface area contributed by atoms with Gasteiger partial charge in [0.2, 0.25) is 0 Å². The highest BCUT2D eigenvalue weighted by Crippen LogP contribution is 2.54. The van der Waals surface area contributed by atoms with Crippen molar-refractivity contribution in [2.45, 2.75) is 6.18 Å². The molecule has 0 radical (unpaired) electrons. The van der Waals surface area contributed by atoms with E-state index in [4.69, 9.17) is 0 Å². The maximum Gasteiger partial charge on any atom is 0.420 e. The van der Waals surface area contributed by atoms with Crippen LogP contribution >= 0.6 is 0 Å². The van der Waals surface area contributed by atoms with E-state index >= 15 is 13.2 Å². The van der Waals surface area contributed by atoms with Crippen LogP contribution in [0.15, 0.2) is 109 Å². The predicted molar refractivity (Wildman–Crippen MR) is 163 cm³/mol. The van der Waals surface area contributed by atoms with E-state index in [1.165, 1.54) is 12.1 Å². The molecule has 2 heterocycles. The molecule has 2 aliphatic rings. The molecule has 5 aromatic rings. The van der Waals surface area contributed by atoms with Crippen LogP contribution in [0.2, 0.25) is 0 Å². The lowest BCUT2D eigenvalue weighted by Crippen LogP contribution is -2.23. The molecule has 0 unspecified atom stereocenters. The molecule has 0 bridgehead atoms. The molecule has 202 valence electrons. The van der Waals surface area contributed by atoms with E-state index in [9.17, 15) is 5.26 Å². The minimum absolute atomic E-state index is 0.0627. The van der Waals surface area contributed by atoms with Gasteiger partial charge >= 0.3 is 6.18 Å². The van der Waals surface area contributed by atoms with Crippen molar-refractivity contribution in [1.29, 1.82) is 5.26 Å². The van der Waals surface area contributed by atoms with Crippen molar-refractivity contribution in [3.63, 3.8) is 0 Å². The highest BCUT2D eigenvalue weighted by Gasteiger charge is 2.42. The third-order valence-corrected chi connectivity index (χ3v) is 7.62. The molecule has 3 nitrogen and oxygen atoms in total. The number of hydrogen-bond donors (Lipinski definition) is 0. The molecule has 6 heteroatoms. The molecule has 0 N–H and O–H groups in total. The molecule has 0 atom stereocenters. The number of rotatable bonds is 2. The van der Waals surface area contributed by atoms with Gasteiger partial charge in [0, 0.05) is 0 Å². The third-order valence-electron chi connectivity index (χ3n) is 7.62. The Balaban J connectivity index is 1.61. The summed E-state index contributed by atoms with van der Waals surface area (Å²) in [4.78, 5) is 3.25. The Morgan fingerprint density at radius 1 is 0.476 bits per heavy atom. The summed E-state index contributed by atoms with van der Waals surface area (Å²) in [6.07, 6.45) is 2.80. The maximum atomic E-state index is 15.6. The van der Waals surface area contributed by atoms with Gasteiger partial charge in [0.05, 0.1) is 39.7 Å². The van der Waals surface area contributed by atoms with Crippen molar-refractivity contribution in [2.24, 2.45) is 0 Å². The van der Waals surface area contributed by atoms with Crippen LogP contribution in [-0.4, -0.2) is 0 Å². The summed E-state index contributed by atoms with van der Waals surface area (Å²) in [7, 11) is 0. The Morgan fingerprint density at radius 3 is 1.24 bits per heavy atom. The number of benzene rings is 5. The molecule has 0 aromatic heterocycles. The van der Waals surface area contributed by atoms with E-state index in [2.05, 4.69) is 6.07 Å². The molecule has 5 aromatic carbocycles. The Bertz CT molecular complexity index is 1860. The van der Waals surface area contributed by atoms with Crippen LogP contribution in [-0.2, 0) is 6.18 Å². The molecule has 0 spiro atoms. The van der Waals surface area contributed by atoms with Crippen LogP contribution in [0.5, 0.6) is 0 Å². The number of fused-ring (bicyclic) bond motifs is 4. The summed E-state index contributed by atoms with van der Waals surface area (Å²) in [5.74, 6) is 0. The van der Waals surface area contributed by atoms with Gasteiger partial charge in [-0.1, -0.05) is 97.1 Å². The molecule has 0 amide bonds. The largest absolute Gasteiger partial charge is 0.420 e. The Morgan fingerprint density at radius 2 is 0.857 bits per heavy atom. The van der Waals surface area contributed by atoms with Gasteiger partial charge in [0.1, 0.15) is 11.6 Å². The normalized spacial score (nSPS) is 13.3. The van der Waals surface area contributed by atoms with Crippen LogP contribution in [0.3, 0.4) is 0 Å². The number of hydrogen-bond acceptors (Lipinski definition) is 3. The first-order valence-corrected chi connectivity index (χ1v) is 13.4. The topological polar surface area (TPSA) is 30.3 Å². The van der Waals surface area contributed by atoms with E-state index in [1.807, 2.05) is 97.1 Å². The average Bonchev–Trinajstić information content (AvgIpc) is 3.28. The Kier molecular flexibility index (Phi) is 5.95. The fourth-order valence-corrected chi connectivity index (χ4v) is 5.82. The molecular formula is C36H22F3N3. The van der Waals surface area contributed by atoms with Crippen LogP contribution in [0, 0.1) is 11.3 Å². The zero-order valence-corrected chi connectivity index (χ0v) is 22.2. The van der Waals surface area contributed by atoms with Gasteiger partial charge in [-0.3, -0.25) is 0 Å². The number of halogens is 3. The number of nitriles is 1. The van der Waals surface area contributed by atoms with Gasteiger partial charge in [-0.25, -0.2) is 0 Å². The predicted octanol–water partition coefficient (Wildman–Crippen LogP) is 10.5. The fourth-order valence-electron chi connectivity index (χ4n) is 5.82. The van der Waals surface area contributed by atoms with E-state index in [-0.39, 0.29) is 16.9 Å². The fraction of sp³-hybridized carbons (Fsp3) is 0.0278. The summed E-state index contributed by atoms with van der Waals surface area (Å²) in [6.45, 7) is 0. The molecule has 0 aliphatic carbocycles. The summed E-state index contributed by atoms with van der Waals surface area (Å²) in [5.41, 5.74) is 4.13.